The van der Waals surface area contributed by atoms with Crippen molar-refractivity contribution in [3.63, 3.8) is 0 Å². The van der Waals surface area contributed by atoms with Crippen LogP contribution in [-0.2, 0) is 10.3 Å². The van der Waals surface area contributed by atoms with E-state index in [2.05, 4.69) is 0 Å². The lowest BCUT2D eigenvalue weighted by molar-refractivity contribution is -0.0343. The van der Waals surface area contributed by atoms with Crippen LogP contribution in [0, 0.1) is 6.92 Å². The molecule has 0 radical (unpaired) electrons. The molecule has 1 aromatic rings. The number of aryl methyl sites for hydroxylation is 1. The van der Waals surface area contributed by atoms with Crippen molar-refractivity contribution in [2.75, 3.05) is 13.2 Å². The molecule has 0 spiro atoms. The number of rotatable bonds is 4. The molecule has 0 saturated heterocycles. The molecule has 78 valence electrons. The van der Waals surface area contributed by atoms with Crippen LogP contribution in [0.1, 0.15) is 25.0 Å². The van der Waals surface area contributed by atoms with Crippen LogP contribution in [0.5, 0.6) is 0 Å². The maximum atomic E-state index is 10.1. The van der Waals surface area contributed by atoms with E-state index in [1.54, 1.807) is 6.92 Å². The molecule has 0 aromatic heterocycles. The molecular weight excluding hydrogens is 176 g/mol. The summed E-state index contributed by atoms with van der Waals surface area (Å²) in [6.45, 7) is 6.68. The van der Waals surface area contributed by atoms with Gasteiger partial charge in [-0.05, 0) is 26.3 Å². The first kappa shape index (κ1) is 11.2. The van der Waals surface area contributed by atoms with Gasteiger partial charge in [0.15, 0.2) is 0 Å². The molecular formula is C12H18O2. The molecule has 0 aliphatic carbocycles. The Hall–Kier alpha value is -0.860. The Morgan fingerprint density at radius 3 is 2.71 bits per heavy atom. The Labute approximate surface area is 85.5 Å². The second kappa shape index (κ2) is 4.58. The van der Waals surface area contributed by atoms with Crippen LogP contribution in [0.3, 0.4) is 0 Å². The number of hydrogen-bond acceptors (Lipinski definition) is 2. The van der Waals surface area contributed by atoms with Gasteiger partial charge in [0, 0.05) is 6.61 Å². The van der Waals surface area contributed by atoms with Gasteiger partial charge in [-0.25, -0.2) is 0 Å². The molecule has 0 heterocycles. The molecule has 0 aliphatic rings. The van der Waals surface area contributed by atoms with Crippen LogP contribution in [0.4, 0.5) is 0 Å². The fourth-order valence-corrected chi connectivity index (χ4v) is 1.36. The monoisotopic (exact) mass is 194 g/mol. The zero-order valence-electron chi connectivity index (χ0n) is 9.08. The Kier molecular flexibility index (Phi) is 3.67. The van der Waals surface area contributed by atoms with Crippen molar-refractivity contribution in [2.24, 2.45) is 0 Å². The zero-order chi connectivity index (χ0) is 10.6. The fourth-order valence-electron chi connectivity index (χ4n) is 1.36. The first-order chi connectivity index (χ1) is 6.56. The highest BCUT2D eigenvalue weighted by atomic mass is 16.5. The summed E-state index contributed by atoms with van der Waals surface area (Å²) < 4.78 is 5.24. The SMILES string of the molecule is CCOCC(C)(O)c1cccc(C)c1. The van der Waals surface area contributed by atoms with Gasteiger partial charge in [-0.3, -0.25) is 0 Å². The molecule has 0 amide bonds. The third-order valence-electron chi connectivity index (χ3n) is 2.23. The summed E-state index contributed by atoms with van der Waals surface area (Å²) in [5.74, 6) is 0. The number of aliphatic hydroxyl groups is 1. The molecule has 0 aliphatic heterocycles. The summed E-state index contributed by atoms with van der Waals surface area (Å²) in [5.41, 5.74) is 1.17. The van der Waals surface area contributed by atoms with E-state index in [9.17, 15) is 5.11 Å². The van der Waals surface area contributed by atoms with E-state index in [0.29, 0.717) is 13.2 Å². The van der Waals surface area contributed by atoms with Gasteiger partial charge >= 0.3 is 0 Å². The van der Waals surface area contributed by atoms with Crippen molar-refractivity contribution in [2.45, 2.75) is 26.4 Å². The molecule has 14 heavy (non-hydrogen) atoms. The maximum absolute atomic E-state index is 10.1. The van der Waals surface area contributed by atoms with E-state index < -0.39 is 5.60 Å². The molecule has 1 aromatic carbocycles. The van der Waals surface area contributed by atoms with Crippen LogP contribution >= 0.6 is 0 Å². The minimum atomic E-state index is -0.887. The largest absolute Gasteiger partial charge is 0.383 e. The molecule has 0 fully saturated rings. The summed E-state index contributed by atoms with van der Waals surface area (Å²) in [5, 5.41) is 10.1. The second-order valence-corrected chi connectivity index (χ2v) is 3.78. The average molecular weight is 194 g/mol. The maximum Gasteiger partial charge on any atom is 0.110 e. The van der Waals surface area contributed by atoms with E-state index in [1.807, 2.05) is 38.1 Å². The highest BCUT2D eigenvalue weighted by Crippen LogP contribution is 2.21. The van der Waals surface area contributed by atoms with E-state index in [0.717, 1.165) is 11.1 Å². The van der Waals surface area contributed by atoms with Crippen molar-refractivity contribution < 1.29 is 9.84 Å². The van der Waals surface area contributed by atoms with E-state index in [4.69, 9.17) is 4.74 Å². The van der Waals surface area contributed by atoms with Gasteiger partial charge in [-0.2, -0.15) is 0 Å². The van der Waals surface area contributed by atoms with Crippen molar-refractivity contribution in [1.29, 1.82) is 0 Å². The van der Waals surface area contributed by atoms with Crippen LogP contribution in [-0.4, -0.2) is 18.3 Å². The van der Waals surface area contributed by atoms with Crippen LogP contribution in [0.25, 0.3) is 0 Å². The summed E-state index contributed by atoms with van der Waals surface area (Å²) >= 11 is 0. The molecule has 1 unspecified atom stereocenters. The van der Waals surface area contributed by atoms with Gasteiger partial charge in [0.1, 0.15) is 5.60 Å². The molecule has 2 nitrogen and oxygen atoms in total. The third kappa shape index (κ3) is 2.82. The Bertz CT molecular complexity index is 292. The highest BCUT2D eigenvalue weighted by molar-refractivity contribution is 5.26. The van der Waals surface area contributed by atoms with Gasteiger partial charge in [-0.1, -0.05) is 29.8 Å². The lowest BCUT2D eigenvalue weighted by atomic mass is 9.96. The number of benzene rings is 1. The summed E-state index contributed by atoms with van der Waals surface area (Å²) in [6.07, 6.45) is 0. The molecule has 1 N–H and O–H groups in total. The Morgan fingerprint density at radius 1 is 1.43 bits per heavy atom. The quantitative estimate of drug-likeness (QED) is 0.796. The van der Waals surface area contributed by atoms with Gasteiger partial charge in [0.05, 0.1) is 6.61 Å². The van der Waals surface area contributed by atoms with Gasteiger partial charge < -0.3 is 9.84 Å². The van der Waals surface area contributed by atoms with E-state index in [-0.39, 0.29) is 0 Å². The molecule has 0 saturated carbocycles. The van der Waals surface area contributed by atoms with Crippen LogP contribution in [0.15, 0.2) is 24.3 Å². The zero-order valence-corrected chi connectivity index (χ0v) is 9.08. The molecule has 1 rings (SSSR count). The van der Waals surface area contributed by atoms with Gasteiger partial charge in [-0.15, -0.1) is 0 Å². The highest BCUT2D eigenvalue weighted by Gasteiger charge is 2.22. The standard InChI is InChI=1S/C12H18O2/c1-4-14-9-12(3,13)11-7-5-6-10(2)8-11/h5-8,13H,4,9H2,1-3H3. The first-order valence-electron chi connectivity index (χ1n) is 4.93. The molecule has 1 atom stereocenters. The van der Waals surface area contributed by atoms with Crippen LogP contribution in [0.2, 0.25) is 0 Å². The average Bonchev–Trinajstić information content (AvgIpc) is 2.15. The summed E-state index contributed by atoms with van der Waals surface area (Å²) in [4.78, 5) is 0. The summed E-state index contributed by atoms with van der Waals surface area (Å²) in [6, 6.07) is 7.87. The normalized spacial score (nSPS) is 15.1. The predicted molar refractivity (Wildman–Crippen MR) is 57.2 cm³/mol. The smallest absolute Gasteiger partial charge is 0.110 e. The van der Waals surface area contributed by atoms with Gasteiger partial charge in [0.2, 0.25) is 0 Å². The van der Waals surface area contributed by atoms with E-state index in [1.165, 1.54) is 0 Å². The Morgan fingerprint density at radius 2 is 2.14 bits per heavy atom. The first-order valence-corrected chi connectivity index (χ1v) is 4.93. The predicted octanol–water partition coefficient (Wildman–Crippen LogP) is 2.24. The van der Waals surface area contributed by atoms with E-state index >= 15 is 0 Å². The molecule has 0 bridgehead atoms. The lowest BCUT2D eigenvalue weighted by Gasteiger charge is -2.23. The molecule has 2 heteroatoms. The fraction of sp³-hybridized carbons (Fsp3) is 0.500. The topological polar surface area (TPSA) is 29.5 Å². The Balaban J connectivity index is 2.80. The minimum Gasteiger partial charge on any atom is -0.383 e. The van der Waals surface area contributed by atoms with Crippen molar-refractivity contribution in [1.82, 2.24) is 0 Å². The minimum absolute atomic E-state index is 0.340. The van der Waals surface area contributed by atoms with Crippen LogP contribution < -0.4 is 0 Å². The van der Waals surface area contributed by atoms with Crippen molar-refractivity contribution >= 4 is 0 Å². The third-order valence-corrected chi connectivity index (χ3v) is 2.23. The number of ether oxygens (including phenoxy) is 1. The lowest BCUT2D eigenvalue weighted by Crippen LogP contribution is -2.27. The second-order valence-electron chi connectivity index (χ2n) is 3.78. The number of hydrogen-bond donors (Lipinski definition) is 1. The summed E-state index contributed by atoms with van der Waals surface area (Å²) in [7, 11) is 0. The van der Waals surface area contributed by atoms with Gasteiger partial charge in [0.25, 0.3) is 0 Å². The van der Waals surface area contributed by atoms with Crippen molar-refractivity contribution in [3.05, 3.63) is 35.4 Å². The van der Waals surface area contributed by atoms with Crippen molar-refractivity contribution in [3.8, 4) is 0 Å².